The fourth-order valence-electron chi connectivity index (χ4n) is 2.58. The van der Waals surface area contributed by atoms with Crippen molar-refractivity contribution in [2.45, 2.75) is 44.0 Å². The molecule has 16 heteroatoms. The van der Waals surface area contributed by atoms with Gasteiger partial charge in [-0.05, 0) is 19.9 Å². The first-order valence-corrected chi connectivity index (χ1v) is 10.3. The molecule has 0 aliphatic carbocycles. The summed E-state index contributed by atoms with van der Waals surface area (Å²) in [5.74, 6) is -0.0831. The van der Waals surface area contributed by atoms with E-state index in [2.05, 4.69) is 9.29 Å². The summed E-state index contributed by atoms with van der Waals surface area (Å²) < 4.78 is 37.2. The molecule has 27 heavy (non-hydrogen) atoms. The summed E-state index contributed by atoms with van der Waals surface area (Å²) in [4.78, 5) is 42.2. The van der Waals surface area contributed by atoms with Gasteiger partial charge in [0.05, 0.1) is 0 Å². The van der Waals surface area contributed by atoms with Crippen LogP contribution < -0.4 is 11.4 Å². The molecule has 2 heterocycles. The maximum absolute atomic E-state index is 11.9. The van der Waals surface area contributed by atoms with Crippen LogP contribution in [0.1, 0.15) is 20.1 Å². The number of hydrogen-bond donors (Lipinski definition) is 6. The molecule has 1 fully saturated rings. The second-order valence-corrected chi connectivity index (χ2v) is 8.96. The first-order chi connectivity index (χ1) is 12.1. The quantitative estimate of drug-likeness (QED) is 0.281. The molecular formula is C11H19N3O11P2. The zero-order valence-electron chi connectivity index (χ0n) is 14.0. The number of rotatable bonds is 6. The second-order valence-electron chi connectivity index (χ2n) is 6.21. The average molecular weight is 431 g/mol. The lowest BCUT2D eigenvalue weighted by Gasteiger charge is -2.33. The number of aliphatic hydroxyl groups excluding tert-OH is 2. The molecule has 14 nitrogen and oxygen atoms in total. The van der Waals surface area contributed by atoms with Gasteiger partial charge in [-0.25, -0.2) is 13.9 Å². The van der Waals surface area contributed by atoms with Crippen molar-refractivity contribution in [2.75, 3.05) is 5.73 Å². The van der Waals surface area contributed by atoms with Crippen LogP contribution in [-0.4, -0.2) is 58.4 Å². The minimum Gasteiger partial charge on any atom is -0.387 e. The molecule has 0 spiro atoms. The highest BCUT2D eigenvalue weighted by molar-refractivity contribution is 7.60. The molecule has 7 N–H and O–H groups in total. The zero-order chi connectivity index (χ0) is 20.8. The number of phosphoric acid groups is 2. The summed E-state index contributed by atoms with van der Waals surface area (Å²) in [7, 11) is -10.6. The highest BCUT2D eigenvalue weighted by Gasteiger charge is 2.53. The van der Waals surface area contributed by atoms with Crippen LogP contribution in [0.25, 0.3) is 0 Å². The van der Waals surface area contributed by atoms with Gasteiger partial charge in [0.15, 0.2) is 6.23 Å². The molecule has 0 saturated carbocycles. The van der Waals surface area contributed by atoms with Crippen molar-refractivity contribution in [1.29, 1.82) is 0 Å². The number of aliphatic hydroxyl groups is 2. The molecule has 1 saturated heterocycles. The third-order valence-electron chi connectivity index (χ3n) is 3.61. The monoisotopic (exact) mass is 431 g/mol. The molecule has 2 rings (SSSR count). The van der Waals surface area contributed by atoms with Crippen LogP contribution in [0, 0.1) is 0 Å². The first kappa shape index (κ1) is 22.1. The van der Waals surface area contributed by atoms with Gasteiger partial charge in [-0.15, -0.1) is 0 Å². The van der Waals surface area contributed by atoms with Gasteiger partial charge in [0.2, 0.25) is 0 Å². The van der Waals surface area contributed by atoms with Crippen molar-refractivity contribution >= 4 is 21.5 Å². The van der Waals surface area contributed by atoms with Crippen LogP contribution in [0.2, 0.25) is 0 Å². The lowest BCUT2D eigenvalue weighted by atomic mass is 9.96. The van der Waals surface area contributed by atoms with Crippen LogP contribution in [-0.2, 0) is 22.7 Å². The molecule has 1 aromatic rings. The summed E-state index contributed by atoms with van der Waals surface area (Å²) in [5.41, 5.74) is 2.60. The Morgan fingerprint density at radius 2 is 1.85 bits per heavy atom. The number of phosphoric ester groups is 1. The Kier molecular flexibility index (Phi) is 6.01. The highest BCUT2D eigenvalue weighted by Crippen LogP contribution is 2.60. The maximum atomic E-state index is 11.9. The summed E-state index contributed by atoms with van der Waals surface area (Å²) in [5, 5.41) is 20.4. The smallest absolute Gasteiger partial charge is 0.387 e. The third kappa shape index (κ3) is 5.21. The number of nitrogens with two attached hydrogens (primary N) is 1. The Morgan fingerprint density at radius 1 is 1.26 bits per heavy atom. The van der Waals surface area contributed by atoms with E-state index in [1.54, 1.807) is 0 Å². The van der Waals surface area contributed by atoms with Crippen LogP contribution in [0.15, 0.2) is 17.1 Å². The number of hydrogen-bond acceptors (Lipinski definition) is 10. The predicted molar refractivity (Wildman–Crippen MR) is 87.0 cm³/mol. The lowest BCUT2D eigenvalue weighted by molar-refractivity contribution is -0.119. The number of nitrogen functional groups attached to an aromatic ring is 1. The normalized spacial score (nSPS) is 28.9. The van der Waals surface area contributed by atoms with Gasteiger partial charge < -0.3 is 35.4 Å². The molecule has 1 aliphatic heterocycles. The van der Waals surface area contributed by atoms with E-state index >= 15 is 0 Å². The van der Waals surface area contributed by atoms with Gasteiger partial charge in [-0.1, -0.05) is 0 Å². The molecule has 0 amide bonds. The Morgan fingerprint density at radius 3 is 2.37 bits per heavy atom. The van der Waals surface area contributed by atoms with Crippen molar-refractivity contribution in [2.24, 2.45) is 0 Å². The maximum Gasteiger partial charge on any atom is 0.481 e. The number of anilines is 1. The van der Waals surface area contributed by atoms with Crippen molar-refractivity contribution < 1.29 is 47.6 Å². The van der Waals surface area contributed by atoms with E-state index in [1.165, 1.54) is 6.07 Å². The Bertz CT molecular complexity index is 852. The average Bonchev–Trinajstić information content (AvgIpc) is 2.72. The highest BCUT2D eigenvalue weighted by atomic mass is 31.3. The fraction of sp³-hybridized carbons (Fsp3) is 0.636. The van der Waals surface area contributed by atoms with E-state index in [4.69, 9.17) is 24.8 Å². The zero-order valence-corrected chi connectivity index (χ0v) is 15.8. The molecule has 0 radical (unpaired) electrons. The van der Waals surface area contributed by atoms with Crippen molar-refractivity contribution in [3.8, 4) is 0 Å². The number of aromatic nitrogens is 2. The molecule has 154 valence electrons. The van der Waals surface area contributed by atoms with Crippen molar-refractivity contribution in [1.82, 2.24) is 9.55 Å². The van der Waals surface area contributed by atoms with Gasteiger partial charge in [-0.3, -0.25) is 9.09 Å². The van der Waals surface area contributed by atoms with E-state index in [0.29, 0.717) is 0 Å². The summed E-state index contributed by atoms with van der Waals surface area (Å²) in [6.07, 6.45) is -5.14. The number of ether oxygens (including phenoxy) is 1. The Balaban J connectivity index is 2.26. The Hall–Kier alpha value is -1.18. The van der Waals surface area contributed by atoms with E-state index in [1.807, 2.05) is 0 Å². The number of nitrogens with zero attached hydrogens (tertiary/aromatic N) is 2. The topological polar surface area (TPSA) is 224 Å². The van der Waals surface area contributed by atoms with E-state index in [-0.39, 0.29) is 5.82 Å². The third-order valence-corrected chi connectivity index (χ3v) is 5.99. The molecule has 1 unspecified atom stereocenters. The van der Waals surface area contributed by atoms with E-state index in [9.17, 15) is 29.0 Å². The van der Waals surface area contributed by atoms with Crippen molar-refractivity contribution in [3.05, 3.63) is 22.7 Å². The molecule has 0 aromatic carbocycles. The van der Waals surface area contributed by atoms with Crippen LogP contribution in [0.4, 0.5) is 5.82 Å². The van der Waals surface area contributed by atoms with Crippen LogP contribution in [0.5, 0.6) is 0 Å². The molecule has 0 bridgehead atoms. The molecule has 1 aromatic heterocycles. The Labute approximate surface area is 152 Å². The van der Waals surface area contributed by atoms with Gasteiger partial charge in [0.25, 0.3) is 0 Å². The molecule has 1 aliphatic rings. The predicted octanol–water partition coefficient (Wildman–Crippen LogP) is -1.55. The van der Waals surface area contributed by atoms with Crippen LogP contribution in [0.3, 0.4) is 0 Å². The van der Waals surface area contributed by atoms with Gasteiger partial charge in [0, 0.05) is 6.20 Å². The standard InChI is InChI=1S/C11H19N3O11P2/c1-11(2,24-27(21,22)25-26(18,19)20)8-6(15)7(16)9(23-8)14-4-3-5(12)13-10(14)17/h3-4,6-9,15-16H,1-2H3,(H,21,22)(H2,12,13,17)(H2,18,19,20)/t6-,7+,8-,9+/m0/s1. The van der Waals surface area contributed by atoms with Gasteiger partial charge >= 0.3 is 21.3 Å². The minimum atomic E-state index is -5.36. The van der Waals surface area contributed by atoms with Crippen molar-refractivity contribution in [3.63, 3.8) is 0 Å². The van der Waals surface area contributed by atoms with Gasteiger partial charge in [0.1, 0.15) is 29.7 Å². The summed E-state index contributed by atoms with van der Waals surface area (Å²) >= 11 is 0. The van der Waals surface area contributed by atoms with E-state index < -0.39 is 51.5 Å². The minimum absolute atomic E-state index is 0.0831. The van der Waals surface area contributed by atoms with E-state index in [0.717, 1.165) is 24.6 Å². The lowest BCUT2D eigenvalue weighted by Crippen LogP contribution is -2.46. The molecular weight excluding hydrogens is 412 g/mol. The van der Waals surface area contributed by atoms with Crippen LogP contribution >= 0.6 is 15.6 Å². The molecule has 5 atom stereocenters. The second kappa shape index (κ2) is 7.33. The van der Waals surface area contributed by atoms with Gasteiger partial charge in [-0.2, -0.15) is 9.29 Å². The fourth-order valence-corrected chi connectivity index (χ4v) is 4.49. The summed E-state index contributed by atoms with van der Waals surface area (Å²) in [6, 6.07) is 1.24. The SMILES string of the molecule is CC(C)(OP(=O)(O)OP(=O)(O)O)[C@H]1O[C@@H](n2ccc(N)nc2=O)[C@H](O)[C@@H]1O. The summed E-state index contributed by atoms with van der Waals surface area (Å²) in [6.45, 7) is 2.29. The first-order valence-electron chi connectivity index (χ1n) is 7.30. The largest absolute Gasteiger partial charge is 0.481 e.